The van der Waals surface area contributed by atoms with Gasteiger partial charge in [-0.1, -0.05) is 66.2 Å². The summed E-state index contributed by atoms with van der Waals surface area (Å²) in [6, 6.07) is 22.5. The minimum absolute atomic E-state index is 0.0550. The van der Waals surface area contributed by atoms with E-state index in [9.17, 15) is 4.79 Å². The number of carbonyl (C=O) groups excluding carboxylic acids is 1. The molecule has 30 heavy (non-hydrogen) atoms. The second-order valence-corrected chi connectivity index (χ2v) is 8.46. The lowest BCUT2D eigenvalue weighted by molar-refractivity contribution is -0.120. The van der Waals surface area contributed by atoms with Gasteiger partial charge in [-0.25, -0.2) is 0 Å². The quantitative estimate of drug-likeness (QED) is 0.649. The van der Waals surface area contributed by atoms with Gasteiger partial charge in [-0.05, 0) is 41.1 Å². The number of hydrogen-bond donors (Lipinski definition) is 1. The van der Waals surface area contributed by atoms with Crippen LogP contribution in [0.25, 0.3) is 10.8 Å². The molecule has 156 valence electrons. The van der Waals surface area contributed by atoms with E-state index >= 15 is 0 Å². The number of benzene rings is 3. The van der Waals surface area contributed by atoms with E-state index in [-0.39, 0.29) is 11.9 Å². The molecule has 1 N–H and O–H groups in total. The van der Waals surface area contributed by atoms with Crippen LogP contribution < -0.4 is 5.32 Å². The van der Waals surface area contributed by atoms with Crippen molar-refractivity contribution in [1.29, 1.82) is 0 Å². The van der Waals surface area contributed by atoms with Crippen molar-refractivity contribution in [2.24, 2.45) is 0 Å². The van der Waals surface area contributed by atoms with E-state index in [4.69, 9.17) is 11.6 Å². The summed E-state index contributed by atoms with van der Waals surface area (Å²) in [5.41, 5.74) is 2.25. The molecule has 0 bridgehead atoms. The van der Waals surface area contributed by atoms with Crippen molar-refractivity contribution < 1.29 is 4.79 Å². The third-order valence-electron chi connectivity index (χ3n) is 5.96. The summed E-state index contributed by atoms with van der Waals surface area (Å²) < 4.78 is 0. The predicted molar refractivity (Wildman–Crippen MR) is 124 cm³/mol. The first kappa shape index (κ1) is 20.9. The number of nitrogens with zero attached hydrogens (tertiary/aromatic N) is 2. The second kappa shape index (κ2) is 9.61. The second-order valence-electron chi connectivity index (χ2n) is 8.03. The van der Waals surface area contributed by atoms with E-state index in [2.05, 4.69) is 52.5 Å². The Morgan fingerprint density at radius 1 is 0.967 bits per heavy atom. The number of rotatable bonds is 6. The lowest BCUT2D eigenvalue weighted by Crippen LogP contribution is -2.48. The first-order valence-corrected chi connectivity index (χ1v) is 10.9. The Labute approximate surface area is 183 Å². The number of amides is 1. The third-order valence-corrected chi connectivity index (χ3v) is 6.21. The van der Waals surface area contributed by atoms with E-state index in [0.29, 0.717) is 13.0 Å². The number of halogens is 1. The van der Waals surface area contributed by atoms with Crippen LogP contribution in [0.2, 0.25) is 5.02 Å². The molecule has 1 amide bonds. The molecule has 0 unspecified atom stereocenters. The summed E-state index contributed by atoms with van der Waals surface area (Å²) in [6.45, 7) is 4.64. The lowest BCUT2D eigenvalue weighted by atomic mass is 10.0. The Morgan fingerprint density at radius 3 is 2.43 bits per heavy atom. The Hall–Kier alpha value is -2.40. The zero-order valence-electron chi connectivity index (χ0n) is 17.4. The van der Waals surface area contributed by atoms with Gasteiger partial charge < -0.3 is 10.2 Å². The van der Waals surface area contributed by atoms with Gasteiger partial charge >= 0.3 is 0 Å². The minimum atomic E-state index is 0.0550. The first-order valence-electron chi connectivity index (χ1n) is 10.5. The predicted octanol–water partition coefficient (Wildman–Crippen LogP) is 4.14. The summed E-state index contributed by atoms with van der Waals surface area (Å²) in [5, 5.41) is 6.23. The summed E-state index contributed by atoms with van der Waals surface area (Å²) in [6.07, 6.45) is 0.386. The highest BCUT2D eigenvalue weighted by Crippen LogP contribution is 2.24. The average Bonchev–Trinajstić information content (AvgIpc) is 2.76. The number of fused-ring (bicyclic) bond motifs is 1. The number of hydrogen-bond acceptors (Lipinski definition) is 3. The topological polar surface area (TPSA) is 35.6 Å². The van der Waals surface area contributed by atoms with Crippen molar-refractivity contribution in [1.82, 2.24) is 15.1 Å². The molecule has 1 saturated heterocycles. The Morgan fingerprint density at radius 2 is 1.67 bits per heavy atom. The highest BCUT2D eigenvalue weighted by molar-refractivity contribution is 6.30. The summed E-state index contributed by atoms with van der Waals surface area (Å²) in [4.78, 5) is 17.6. The fourth-order valence-corrected chi connectivity index (χ4v) is 4.29. The van der Waals surface area contributed by atoms with Crippen molar-refractivity contribution >= 4 is 28.3 Å². The lowest BCUT2D eigenvalue weighted by Gasteiger charge is -2.38. The molecule has 1 fully saturated rings. The maximum Gasteiger partial charge on any atom is 0.224 e. The average molecular weight is 422 g/mol. The van der Waals surface area contributed by atoms with E-state index < -0.39 is 0 Å². The van der Waals surface area contributed by atoms with Gasteiger partial charge in [0.15, 0.2) is 0 Å². The summed E-state index contributed by atoms with van der Waals surface area (Å²) in [7, 11) is 2.15. The molecule has 0 radical (unpaired) electrons. The molecular formula is C25H28ClN3O. The summed E-state index contributed by atoms with van der Waals surface area (Å²) >= 11 is 6.10. The standard InChI is InChI=1S/C25H28ClN3O/c1-28-13-15-29(16-14-28)24(20-9-11-22(26)12-10-20)18-27-25(30)17-21-7-4-6-19-5-2-3-8-23(19)21/h2-12,24H,13-18H2,1H3,(H,27,30)/t24-/m1/s1. The molecule has 0 saturated carbocycles. The van der Waals surface area contributed by atoms with Crippen molar-refractivity contribution in [2.45, 2.75) is 12.5 Å². The van der Waals surface area contributed by atoms with Crippen LogP contribution in [0.5, 0.6) is 0 Å². The molecule has 4 rings (SSSR count). The van der Waals surface area contributed by atoms with Crippen molar-refractivity contribution in [3.63, 3.8) is 0 Å². The van der Waals surface area contributed by atoms with Gasteiger partial charge in [-0.3, -0.25) is 9.69 Å². The van der Waals surface area contributed by atoms with E-state index in [1.165, 1.54) is 10.9 Å². The summed E-state index contributed by atoms with van der Waals surface area (Å²) in [5.74, 6) is 0.0550. The highest BCUT2D eigenvalue weighted by Gasteiger charge is 2.24. The van der Waals surface area contributed by atoms with Crippen LogP contribution in [0.15, 0.2) is 66.7 Å². The van der Waals surface area contributed by atoms with E-state index in [1.807, 2.05) is 36.4 Å². The highest BCUT2D eigenvalue weighted by atomic mass is 35.5. The number of carbonyl (C=O) groups is 1. The largest absolute Gasteiger partial charge is 0.354 e. The van der Waals surface area contributed by atoms with E-state index in [1.54, 1.807) is 0 Å². The smallest absolute Gasteiger partial charge is 0.224 e. The Bertz CT molecular complexity index is 991. The molecule has 3 aromatic carbocycles. The van der Waals surface area contributed by atoms with Gasteiger partial charge in [0.25, 0.3) is 0 Å². The number of piperazine rings is 1. The SMILES string of the molecule is CN1CCN([C@H](CNC(=O)Cc2cccc3ccccc23)c2ccc(Cl)cc2)CC1. The van der Waals surface area contributed by atoms with Crippen LogP contribution in [0.4, 0.5) is 0 Å². The molecule has 1 aliphatic rings. The van der Waals surface area contributed by atoms with Gasteiger partial charge in [0, 0.05) is 37.7 Å². The van der Waals surface area contributed by atoms with E-state index in [0.717, 1.165) is 42.2 Å². The van der Waals surface area contributed by atoms with Gasteiger partial charge in [0.2, 0.25) is 5.91 Å². The molecule has 5 heteroatoms. The van der Waals surface area contributed by atoms with Gasteiger partial charge in [0.1, 0.15) is 0 Å². The molecule has 0 aliphatic carbocycles. The van der Waals surface area contributed by atoms with Crippen molar-refractivity contribution in [3.05, 3.63) is 82.9 Å². The Kier molecular flexibility index (Phi) is 6.68. The first-order chi connectivity index (χ1) is 14.6. The normalized spacial score (nSPS) is 16.5. The van der Waals surface area contributed by atoms with Crippen LogP contribution in [0.1, 0.15) is 17.2 Å². The zero-order chi connectivity index (χ0) is 20.9. The third kappa shape index (κ3) is 5.01. The number of nitrogens with one attached hydrogen (secondary N) is 1. The fraction of sp³-hybridized carbons (Fsp3) is 0.320. The monoisotopic (exact) mass is 421 g/mol. The maximum absolute atomic E-state index is 12.8. The van der Waals surface area contributed by atoms with Crippen molar-refractivity contribution in [3.8, 4) is 0 Å². The fourth-order valence-electron chi connectivity index (χ4n) is 4.17. The van der Waals surface area contributed by atoms with Gasteiger partial charge in [-0.15, -0.1) is 0 Å². The van der Waals surface area contributed by atoms with Crippen LogP contribution in [-0.4, -0.2) is 55.5 Å². The zero-order valence-corrected chi connectivity index (χ0v) is 18.1. The van der Waals surface area contributed by atoms with Crippen LogP contribution >= 0.6 is 11.6 Å². The van der Waals surface area contributed by atoms with Crippen molar-refractivity contribution in [2.75, 3.05) is 39.8 Å². The van der Waals surface area contributed by atoms with Crippen LogP contribution in [0.3, 0.4) is 0 Å². The molecule has 1 aliphatic heterocycles. The molecule has 0 spiro atoms. The molecule has 1 atom stereocenters. The minimum Gasteiger partial charge on any atom is -0.354 e. The molecule has 3 aromatic rings. The van der Waals surface area contributed by atoms with Crippen LogP contribution in [0, 0.1) is 0 Å². The maximum atomic E-state index is 12.8. The Balaban J connectivity index is 1.46. The van der Waals surface area contributed by atoms with Gasteiger partial charge in [0.05, 0.1) is 12.5 Å². The number of likely N-dealkylation sites (N-methyl/N-ethyl adjacent to an activating group) is 1. The molecule has 1 heterocycles. The molecular weight excluding hydrogens is 394 g/mol. The van der Waals surface area contributed by atoms with Gasteiger partial charge in [-0.2, -0.15) is 0 Å². The molecule has 4 nitrogen and oxygen atoms in total. The molecule has 0 aromatic heterocycles. The van der Waals surface area contributed by atoms with Crippen LogP contribution in [-0.2, 0) is 11.2 Å².